The van der Waals surface area contributed by atoms with E-state index in [1.165, 1.54) is 0 Å². The summed E-state index contributed by atoms with van der Waals surface area (Å²) in [5.41, 5.74) is 5.55. The highest BCUT2D eigenvalue weighted by Crippen LogP contribution is 2.03. The molecule has 1 unspecified atom stereocenters. The molecule has 0 radical (unpaired) electrons. The molecule has 0 saturated carbocycles. The minimum atomic E-state index is -0.838. The fourth-order valence-electron chi connectivity index (χ4n) is 1.07. The Hall–Kier alpha value is -0.900. The number of ketones is 1. The summed E-state index contributed by atoms with van der Waals surface area (Å²) in [4.78, 5) is 21.3. The van der Waals surface area contributed by atoms with Crippen LogP contribution in [-0.2, 0) is 9.59 Å². The van der Waals surface area contributed by atoms with Gasteiger partial charge in [-0.25, -0.2) is 0 Å². The molecule has 0 spiro atoms. The van der Waals surface area contributed by atoms with Crippen molar-refractivity contribution in [2.24, 2.45) is 5.73 Å². The SMILES string of the molecule is CCCC(=O)C(N)CCCC(=O)O. The Balaban J connectivity index is 3.55. The van der Waals surface area contributed by atoms with Crippen LogP contribution in [0.1, 0.15) is 39.0 Å². The Labute approximate surface area is 78.1 Å². The van der Waals surface area contributed by atoms with Gasteiger partial charge in [0.2, 0.25) is 0 Å². The van der Waals surface area contributed by atoms with Crippen molar-refractivity contribution in [1.29, 1.82) is 0 Å². The Bertz CT molecular complexity index is 180. The van der Waals surface area contributed by atoms with Gasteiger partial charge in [0.05, 0.1) is 6.04 Å². The Morgan fingerprint density at radius 1 is 1.38 bits per heavy atom. The molecule has 0 aliphatic heterocycles. The molecule has 0 aliphatic rings. The van der Waals surface area contributed by atoms with Crippen LogP contribution in [0, 0.1) is 0 Å². The molecule has 4 nitrogen and oxygen atoms in total. The molecular formula is C9H17NO3. The molecule has 0 fully saturated rings. The predicted molar refractivity (Wildman–Crippen MR) is 49.4 cm³/mol. The summed E-state index contributed by atoms with van der Waals surface area (Å²) in [5, 5.41) is 8.34. The van der Waals surface area contributed by atoms with E-state index < -0.39 is 12.0 Å². The summed E-state index contributed by atoms with van der Waals surface area (Å²) in [6, 6.07) is -0.473. The Kier molecular flexibility index (Phi) is 6.14. The van der Waals surface area contributed by atoms with Crippen molar-refractivity contribution in [3.8, 4) is 0 Å². The minimum Gasteiger partial charge on any atom is -0.481 e. The molecule has 1 atom stereocenters. The fourth-order valence-corrected chi connectivity index (χ4v) is 1.07. The second-order valence-corrected chi connectivity index (χ2v) is 3.11. The van der Waals surface area contributed by atoms with E-state index in [9.17, 15) is 9.59 Å². The van der Waals surface area contributed by atoms with Gasteiger partial charge in [0.1, 0.15) is 5.78 Å². The topological polar surface area (TPSA) is 80.4 Å². The second kappa shape index (κ2) is 6.60. The normalized spacial score (nSPS) is 12.5. The van der Waals surface area contributed by atoms with Crippen LogP contribution in [0.4, 0.5) is 0 Å². The van der Waals surface area contributed by atoms with Gasteiger partial charge in [-0.15, -0.1) is 0 Å². The average Bonchev–Trinajstić information content (AvgIpc) is 2.04. The standard InChI is InChI=1S/C9H17NO3/c1-2-4-8(11)7(10)5-3-6-9(12)13/h7H,2-6,10H2,1H3,(H,12,13). The molecular weight excluding hydrogens is 170 g/mol. The maximum Gasteiger partial charge on any atom is 0.303 e. The van der Waals surface area contributed by atoms with Gasteiger partial charge < -0.3 is 10.8 Å². The van der Waals surface area contributed by atoms with Gasteiger partial charge in [-0.2, -0.15) is 0 Å². The maximum atomic E-state index is 11.1. The number of Topliss-reactive ketones (excluding diaryl/α,β-unsaturated/α-hetero) is 1. The molecule has 76 valence electrons. The van der Waals surface area contributed by atoms with Gasteiger partial charge in [0.15, 0.2) is 0 Å². The van der Waals surface area contributed by atoms with Crippen LogP contribution in [0.2, 0.25) is 0 Å². The zero-order chi connectivity index (χ0) is 10.3. The van der Waals surface area contributed by atoms with Gasteiger partial charge >= 0.3 is 5.97 Å². The average molecular weight is 187 g/mol. The number of carbonyl (C=O) groups is 2. The third-order valence-corrected chi connectivity index (χ3v) is 1.82. The number of hydrogen-bond acceptors (Lipinski definition) is 3. The summed E-state index contributed by atoms with van der Waals surface area (Å²) in [7, 11) is 0. The van der Waals surface area contributed by atoms with Gasteiger partial charge in [-0.05, 0) is 19.3 Å². The molecule has 0 bridgehead atoms. The second-order valence-electron chi connectivity index (χ2n) is 3.11. The number of carboxylic acid groups (broad SMARTS) is 1. The van der Waals surface area contributed by atoms with E-state index in [1.54, 1.807) is 0 Å². The van der Waals surface area contributed by atoms with Crippen molar-refractivity contribution in [3.05, 3.63) is 0 Å². The number of nitrogens with two attached hydrogens (primary N) is 1. The van der Waals surface area contributed by atoms with Crippen LogP contribution in [0.3, 0.4) is 0 Å². The quantitative estimate of drug-likeness (QED) is 0.621. The molecule has 0 aromatic rings. The fraction of sp³-hybridized carbons (Fsp3) is 0.778. The first kappa shape index (κ1) is 12.1. The number of aliphatic carboxylic acids is 1. The smallest absolute Gasteiger partial charge is 0.303 e. The lowest BCUT2D eigenvalue weighted by atomic mass is 10.0. The maximum absolute atomic E-state index is 11.1. The van der Waals surface area contributed by atoms with Gasteiger partial charge in [0.25, 0.3) is 0 Å². The summed E-state index contributed by atoms with van der Waals surface area (Å²) >= 11 is 0. The van der Waals surface area contributed by atoms with Crippen molar-refractivity contribution < 1.29 is 14.7 Å². The number of hydrogen-bond donors (Lipinski definition) is 2. The first-order chi connectivity index (χ1) is 6.07. The molecule has 0 amide bonds. The van der Waals surface area contributed by atoms with Crippen LogP contribution in [-0.4, -0.2) is 22.9 Å². The highest BCUT2D eigenvalue weighted by atomic mass is 16.4. The van der Waals surface area contributed by atoms with E-state index >= 15 is 0 Å². The van der Waals surface area contributed by atoms with Crippen LogP contribution in [0.5, 0.6) is 0 Å². The van der Waals surface area contributed by atoms with E-state index in [4.69, 9.17) is 10.8 Å². The van der Waals surface area contributed by atoms with Crippen LogP contribution >= 0.6 is 0 Å². The summed E-state index contributed by atoms with van der Waals surface area (Å²) < 4.78 is 0. The van der Waals surface area contributed by atoms with Gasteiger partial charge in [0, 0.05) is 12.8 Å². The molecule has 0 rings (SSSR count). The molecule has 0 heterocycles. The third-order valence-electron chi connectivity index (χ3n) is 1.82. The van der Waals surface area contributed by atoms with E-state index in [-0.39, 0.29) is 12.2 Å². The van der Waals surface area contributed by atoms with Crippen molar-refractivity contribution in [2.45, 2.75) is 45.1 Å². The summed E-state index contributed by atoms with van der Waals surface area (Å²) in [5.74, 6) is -0.803. The molecule has 4 heteroatoms. The first-order valence-corrected chi connectivity index (χ1v) is 4.58. The van der Waals surface area contributed by atoms with Crippen molar-refractivity contribution in [2.75, 3.05) is 0 Å². The molecule has 3 N–H and O–H groups in total. The van der Waals surface area contributed by atoms with Crippen molar-refractivity contribution in [3.63, 3.8) is 0 Å². The lowest BCUT2D eigenvalue weighted by Gasteiger charge is -2.08. The number of carboxylic acids is 1. The van der Waals surface area contributed by atoms with Crippen molar-refractivity contribution >= 4 is 11.8 Å². The first-order valence-electron chi connectivity index (χ1n) is 4.58. The molecule has 0 aromatic heterocycles. The molecule has 0 aromatic carbocycles. The highest BCUT2D eigenvalue weighted by molar-refractivity contribution is 5.83. The molecule has 13 heavy (non-hydrogen) atoms. The summed E-state index contributed by atoms with van der Waals surface area (Å²) in [6.07, 6.45) is 2.34. The predicted octanol–water partition coefficient (Wildman–Crippen LogP) is 0.938. The zero-order valence-corrected chi connectivity index (χ0v) is 7.95. The van der Waals surface area contributed by atoms with E-state index in [1.807, 2.05) is 6.92 Å². The molecule has 0 aliphatic carbocycles. The van der Waals surface area contributed by atoms with Crippen LogP contribution in [0.25, 0.3) is 0 Å². The number of carbonyl (C=O) groups excluding carboxylic acids is 1. The van der Waals surface area contributed by atoms with Gasteiger partial charge in [-0.3, -0.25) is 9.59 Å². The van der Waals surface area contributed by atoms with E-state index in [0.717, 1.165) is 6.42 Å². The lowest BCUT2D eigenvalue weighted by Crippen LogP contribution is -2.30. The Morgan fingerprint density at radius 3 is 2.46 bits per heavy atom. The summed E-state index contributed by atoms with van der Waals surface area (Å²) in [6.45, 7) is 1.92. The minimum absolute atomic E-state index is 0.0351. The third kappa shape index (κ3) is 6.28. The number of rotatable bonds is 7. The lowest BCUT2D eigenvalue weighted by molar-refractivity contribution is -0.137. The monoisotopic (exact) mass is 187 g/mol. The zero-order valence-electron chi connectivity index (χ0n) is 7.95. The van der Waals surface area contributed by atoms with Gasteiger partial charge in [-0.1, -0.05) is 6.92 Å². The van der Waals surface area contributed by atoms with E-state index in [2.05, 4.69) is 0 Å². The molecule has 0 saturated heterocycles. The Morgan fingerprint density at radius 2 is 2.00 bits per heavy atom. The van der Waals surface area contributed by atoms with Crippen molar-refractivity contribution in [1.82, 2.24) is 0 Å². The van der Waals surface area contributed by atoms with E-state index in [0.29, 0.717) is 19.3 Å². The van der Waals surface area contributed by atoms with Crippen LogP contribution < -0.4 is 5.73 Å². The largest absolute Gasteiger partial charge is 0.481 e. The van der Waals surface area contributed by atoms with Crippen LogP contribution in [0.15, 0.2) is 0 Å². The highest BCUT2D eigenvalue weighted by Gasteiger charge is 2.12.